The van der Waals surface area contributed by atoms with Crippen LogP contribution in [0.25, 0.3) is 6.08 Å². The van der Waals surface area contributed by atoms with Crippen molar-refractivity contribution in [2.24, 2.45) is 5.10 Å². The van der Waals surface area contributed by atoms with Crippen LogP contribution in [0.2, 0.25) is 0 Å². The summed E-state index contributed by atoms with van der Waals surface area (Å²) in [6, 6.07) is 14.9. The van der Waals surface area contributed by atoms with Gasteiger partial charge in [0.15, 0.2) is 5.71 Å². The number of benzene rings is 2. The highest BCUT2D eigenvalue weighted by Gasteiger charge is 2.35. The van der Waals surface area contributed by atoms with Crippen LogP contribution >= 0.6 is 0 Å². The molecule has 2 heterocycles. The average molecular weight is 403 g/mol. The highest BCUT2D eigenvalue weighted by atomic mass is 16.4. The van der Waals surface area contributed by atoms with Gasteiger partial charge in [0.2, 0.25) is 0 Å². The van der Waals surface area contributed by atoms with Crippen LogP contribution in [0.15, 0.2) is 59.2 Å². The van der Waals surface area contributed by atoms with Crippen LogP contribution in [0.4, 0.5) is 11.4 Å². The Bertz CT molecular complexity index is 1060. The Hall–Kier alpha value is -3.41. The van der Waals surface area contributed by atoms with E-state index in [9.17, 15) is 14.7 Å². The molecule has 0 saturated carbocycles. The monoisotopic (exact) mass is 403 g/mol. The lowest BCUT2D eigenvalue weighted by molar-refractivity contribution is -0.129. The van der Waals surface area contributed by atoms with E-state index in [0.717, 1.165) is 30.0 Å². The molecule has 154 valence electrons. The number of para-hydroxylation sites is 1. The number of carbonyl (C=O) groups is 2. The number of hydrazone groups is 1. The van der Waals surface area contributed by atoms with Gasteiger partial charge >= 0.3 is 5.97 Å². The minimum absolute atomic E-state index is 0.0237. The fraction of sp³-hybridized carbons (Fsp3) is 0.292. The summed E-state index contributed by atoms with van der Waals surface area (Å²) < 4.78 is 0. The van der Waals surface area contributed by atoms with Gasteiger partial charge in [-0.05, 0) is 75.1 Å². The molecular formula is C24H25N3O3. The Morgan fingerprint density at radius 1 is 1.13 bits per heavy atom. The Morgan fingerprint density at radius 3 is 2.53 bits per heavy atom. The van der Waals surface area contributed by atoms with Crippen molar-refractivity contribution in [3.8, 4) is 0 Å². The van der Waals surface area contributed by atoms with Gasteiger partial charge in [-0.3, -0.25) is 4.79 Å². The smallest absolute Gasteiger partial charge is 0.357 e. The number of aryl methyl sites for hydroxylation is 1. The number of hydrogen-bond acceptors (Lipinski definition) is 4. The van der Waals surface area contributed by atoms with Crippen LogP contribution in [0.1, 0.15) is 38.3 Å². The largest absolute Gasteiger partial charge is 0.476 e. The summed E-state index contributed by atoms with van der Waals surface area (Å²) in [5.74, 6) is -1.66. The highest BCUT2D eigenvalue weighted by molar-refractivity contribution is 6.53. The van der Waals surface area contributed by atoms with Crippen molar-refractivity contribution in [1.82, 2.24) is 0 Å². The van der Waals surface area contributed by atoms with Gasteiger partial charge in [-0.2, -0.15) is 10.1 Å². The molecular weight excluding hydrogens is 378 g/mol. The molecule has 2 aromatic rings. The molecule has 0 aliphatic carbocycles. The number of fused-ring (bicyclic) bond motifs is 1. The summed E-state index contributed by atoms with van der Waals surface area (Å²) in [6.45, 7) is 7.60. The van der Waals surface area contributed by atoms with Crippen LogP contribution in [-0.4, -0.2) is 34.8 Å². The lowest BCUT2D eigenvalue weighted by Gasteiger charge is -2.41. The van der Waals surface area contributed by atoms with Gasteiger partial charge in [0.25, 0.3) is 5.91 Å². The molecule has 1 amide bonds. The molecule has 0 radical (unpaired) electrons. The zero-order valence-electron chi connectivity index (χ0n) is 17.4. The molecule has 0 fully saturated rings. The first kappa shape index (κ1) is 19.9. The predicted molar refractivity (Wildman–Crippen MR) is 119 cm³/mol. The van der Waals surface area contributed by atoms with Crippen molar-refractivity contribution in [3.63, 3.8) is 0 Å². The van der Waals surface area contributed by atoms with E-state index >= 15 is 0 Å². The van der Waals surface area contributed by atoms with E-state index in [0.29, 0.717) is 5.69 Å². The van der Waals surface area contributed by atoms with Gasteiger partial charge in [-0.1, -0.05) is 24.3 Å². The molecule has 0 atom stereocenters. The molecule has 0 unspecified atom stereocenters. The minimum Gasteiger partial charge on any atom is -0.476 e. The molecule has 2 aliphatic heterocycles. The Morgan fingerprint density at radius 2 is 1.87 bits per heavy atom. The first-order valence-corrected chi connectivity index (χ1v) is 10.1. The number of aliphatic carboxylic acids is 1. The number of nitrogens with zero attached hydrogens (tertiary/aromatic N) is 3. The Kier molecular flexibility index (Phi) is 4.94. The maximum atomic E-state index is 13.0. The van der Waals surface area contributed by atoms with E-state index in [1.165, 1.54) is 11.3 Å². The van der Waals surface area contributed by atoms with E-state index in [4.69, 9.17) is 0 Å². The van der Waals surface area contributed by atoms with Crippen LogP contribution in [-0.2, 0) is 16.0 Å². The minimum atomic E-state index is -1.22. The van der Waals surface area contributed by atoms with E-state index in [-0.39, 0.29) is 16.8 Å². The lowest BCUT2D eigenvalue weighted by Crippen LogP contribution is -2.44. The number of carboxylic acids is 1. The van der Waals surface area contributed by atoms with Crippen molar-refractivity contribution >= 4 is 35.0 Å². The second-order valence-electron chi connectivity index (χ2n) is 8.58. The third-order valence-corrected chi connectivity index (χ3v) is 5.42. The SMILES string of the molecule is CC(C)(C)N1CCCc2cc(C=C3C(=O)N(c4ccccc4)N=C3C(=O)O)ccc21. The van der Waals surface area contributed by atoms with Gasteiger partial charge < -0.3 is 10.0 Å². The summed E-state index contributed by atoms with van der Waals surface area (Å²) in [5.41, 5.74) is 3.63. The topological polar surface area (TPSA) is 73.2 Å². The molecule has 1 N–H and O–H groups in total. The van der Waals surface area contributed by atoms with Gasteiger partial charge in [0, 0.05) is 17.8 Å². The summed E-state index contributed by atoms with van der Waals surface area (Å²) >= 11 is 0. The van der Waals surface area contributed by atoms with Gasteiger partial charge in [0.1, 0.15) is 0 Å². The number of amides is 1. The van der Waals surface area contributed by atoms with Crippen molar-refractivity contribution in [2.75, 3.05) is 16.5 Å². The molecule has 0 aromatic heterocycles. The van der Waals surface area contributed by atoms with Gasteiger partial charge in [0.05, 0.1) is 11.3 Å². The third-order valence-electron chi connectivity index (χ3n) is 5.42. The molecule has 4 rings (SSSR count). The molecule has 0 spiro atoms. The zero-order chi connectivity index (χ0) is 21.5. The Labute approximate surface area is 176 Å². The van der Waals surface area contributed by atoms with Gasteiger partial charge in [-0.25, -0.2) is 4.79 Å². The molecule has 6 nitrogen and oxygen atoms in total. The van der Waals surface area contributed by atoms with E-state index < -0.39 is 11.9 Å². The van der Waals surface area contributed by atoms with Crippen LogP contribution in [0.5, 0.6) is 0 Å². The number of carboxylic acid groups (broad SMARTS) is 1. The van der Waals surface area contributed by atoms with Crippen molar-refractivity contribution in [2.45, 2.75) is 39.2 Å². The van der Waals surface area contributed by atoms with E-state index in [2.05, 4.69) is 42.9 Å². The molecule has 6 heteroatoms. The predicted octanol–water partition coefficient (Wildman–Crippen LogP) is 4.11. The maximum absolute atomic E-state index is 13.0. The van der Waals surface area contributed by atoms with E-state index in [1.54, 1.807) is 30.3 Å². The van der Waals surface area contributed by atoms with Crippen molar-refractivity contribution in [1.29, 1.82) is 0 Å². The zero-order valence-corrected chi connectivity index (χ0v) is 17.4. The highest BCUT2D eigenvalue weighted by Crippen LogP contribution is 2.34. The fourth-order valence-corrected chi connectivity index (χ4v) is 4.02. The number of carbonyl (C=O) groups excluding carboxylic acids is 1. The van der Waals surface area contributed by atoms with Crippen molar-refractivity contribution < 1.29 is 14.7 Å². The summed E-state index contributed by atoms with van der Waals surface area (Å²) in [7, 11) is 0. The number of anilines is 2. The first-order chi connectivity index (χ1) is 14.3. The standard InChI is InChI=1S/C24H25N3O3/c1-24(2,3)26-13-7-8-17-14-16(11-12-20(17)26)15-19-21(23(29)30)25-27(22(19)28)18-9-5-4-6-10-18/h4-6,9-12,14-15H,7-8,13H2,1-3H3,(H,29,30). The number of rotatable bonds is 3. The first-order valence-electron chi connectivity index (χ1n) is 10.1. The average Bonchev–Trinajstić information content (AvgIpc) is 3.04. The molecule has 0 saturated heterocycles. The van der Waals surface area contributed by atoms with Crippen LogP contribution in [0.3, 0.4) is 0 Å². The van der Waals surface area contributed by atoms with Gasteiger partial charge in [-0.15, -0.1) is 0 Å². The van der Waals surface area contributed by atoms with Crippen molar-refractivity contribution in [3.05, 3.63) is 65.2 Å². The molecule has 2 aliphatic rings. The molecule has 30 heavy (non-hydrogen) atoms. The summed E-state index contributed by atoms with van der Waals surface area (Å²) in [5, 5.41) is 14.8. The quantitative estimate of drug-likeness (QED) is 0.783. The van der Waals surface area contributed by atoms with Crippen LogP contribution < -0.4 is 9.91 Å². The van der Waals surface area contributed by atoms with Crippen LogP contribution in [0, 0.1) is 0 Å². The fourth-order valence-electron chi connectivity index (χ4n) is 4.02. The number of hydrogen-bond donors (Lipinski definition) is 1. The molecule has 2 aromatic carbocycles. The summed E-state index contributed by atoms with van der Waals surface area (Å²) in [4.78, 5) is 27.1. The Balaban J connectivity index is 1.71. The normalized spacial score (nSPS) is 17.9. The summed E-state index contributed by atoms with van der Waals surface area (Å²) in [6.07, 6.45) is 3.66. The lowest BCUT2D eigenvalue weighted by atomic mass is 9.93. The second kappa shape index (κ2) is 7.44. The molecule has 0 bridgehead atoms. The second-order valence-corrected chi connectivity index (χ2v) is 8.58. The maximum Gasteiger partial charge on any atom is 0.357 e. The third kappa shape index (κ3) is 3.61. The van der Waals surface area contributed by atoms with E-state index in [1.807, 2.05) is 12.1 Å².